The molecule has 0 saturated carbocycles. The van der Waals surface area contributed by atoms with E-state index in [1.807, 2.05) is 25.6 Å². The number of allylic oxidation sites excluding steroid dienone is 2. The van der Waals surface area contributed by atoms with Crippen LogP contribution in [0.1, 0.15) is 69.9 Å². The molecule has 1 atom stereocenters. The molecule has 1 aromatic heterocycles. The molecule has 2 aliphatic rings. The summed E-state index contributed by atoms with van der Waals surface area (Å²) in [4.78, 5) is 14.7. The summed E-state index contributed by atoms with van der Waals surface area (Å²) in [6.45, 7) is 11.4. The summed E-state index contributed by atoms with van der Waals surface area (Å²) in [5, 5.41) is 14.3. The summed E-state index contributed by atoms with van der Waals surface area (Å²) in [5.74, 6) is 0. The summed E-state index contributed by atoms with van der Waals surface area (Å²) in [7, 11) is 3.62. The summed E-state index contributed by atoms with van der Waals surface area (Å²) >= 11 is 0. The molecule has 11 nitrogen and oxygen atoms in total. The number of carboxylic acid groups (broad SMARTS) is 1. The lowest BCUT2D eigenvalue weighted by molar-refractivity contribution is -0.0490. The number of likely N-dealkylation sites (N-methyl/N-ethyl adjacent to an activating group) is 2. The third-order valence-corrected chi connectivity index (χ3v) is 7.82. The molecule has 1 aliphatic heterocycles. The predicted molar refractivity (Wildman–Crippen MR) is 157 cm³/mol. The first-order valence-corrected chi connectivity index (χ1v) is 15.2. The first-order chi connectivity index (χ1) is 19.9. The van der Waals surface area contributed by atoms with Crippen molar-refractivity contribution in [2.45, 2.75) is 65.1 Å². The minimum Gasteiger partial charge on any atom is -0.465 e. The topological polar surface area (TPSA) is 108 Å². The second-order valence-corrected chi connectivity index (χ2v) is 11.2. The van der Waals surface area contributed by atoms with E-state index in [4.69, 9.17) is 28.8 Å². The Morgan fingerprint density at radius 3 is 2.32 bits per heavy atom. The van der Waals surface area contributed by atoms with Gasteiger partial charge in [-0.25, -0.2) is 9.48 Å². The number of nitrogens with zero attached hydrogens (tertiary/aromatic N) is 4. The Balaban J connectivity index is 1.74. The molecule has 1 aliphatic carbocycles. The van der Waals surface area contributed by atoms with Gasteiger partial charge in [0.05, 0.1) is 45.3 Å². The molecule has 2 heterocycles. The molecule has 1 N–H and O–H groups in total. The maximum atomic E-state index is 11.2. The highest BCUT2D eigenvalue weighted by atomic mass is 16.5. The summed E-state index contributed by atoms with van der Waals surface area (Å²) in [6, 6.07) is 0. The van der Waals surface area contributed by atoms with Gasteiger partial charge in [-0.3, -0.25) is 0 Å². The molecule has 11 heteroatoms. The van der Waals surface area contributed by atoms with Crippen LogP contribution in [0.25, 0.3) is 5.57 Å². The maximum Gasteiger partial charge on any atom is 0.407 e. The predicted octanol–water partition coefficient (Wildman–Crippen LogP) is 4.28. The lowest BCUT2D eigenvalue weighted by Gasteiger charge is -2.36. The second kappa shape index (κ2) is 17.8. The lowest BCUT2D eigenvalue weighted by Crippen LogP contribution is -2.35. The summed E-state index contributed by atoms with van der Waals surface area (Å²) < 4.78 is 31.1. The fourth-order valence-corrected chi connectivity index (χ4v) is 5.25. The van der Waals surface area contributed by atoms with Gasteiger partial charge in [0.1, 0.15) is 6.23 Å². The molecule has 0 radical (unpaired) electrons. The van der Waals surface area contributed by atoms with Crippen LogP contribution in [0.5, 0.6) is 0 Å². The standard InChI is InChI=1S/C30H52N4O7/c1-5-37-17-19-39-23-30(24-40-20-18-38-6-2)12-10-25(11-13-30)28-26(21-32(3)14-15-33(4)29(35)36)22-34(31-28)27-9-7-8-16-41-27/h10,22,27H,5-9,11-21,23-24H2,1-4H3,(H,35,36). The molecule has 0 aromatic carbocycles. The summed E-state index contributed by atoms with van der Waals surface area (Å²) in [6.07, 6.45) is 9.32. The number of hydrogen-bond acceptors (Lipinski definition) is 8. The Morgan fingerprint density at radius 2 is 1.76 bits per heavy atom. The molecule has 41 heavy (non-hydrogen) atoms. The molecule has 3 rings (SSSR count). The molecule has 1 saturated heterocycles. The minimum atomic E-state index is -0.916. The van der Waals surface area contributed by atoms with Crippen molar-refractivity contribution in [2.75, 3.05) is 86.6 Å². The number of rotatable bonds is 19. The van der Waals surface area contributed by atoms with Gasteiger partial charge in [0, 0.05) is 63.7 Å². The molecule has 1 fully saturated rings. The first kappa shape index (κ1) is 33.5. The van der Waals surface area contributed by atoms with Crippen molar-refractivity contribution in [3.05, 3.63) is 23.5 Å². The Kier molecular flexibility index (Phi) is 14.6. The largest absolute Gasteiger partial charge is 0.465 e. The van der Waals surface area contributed by atoms with E-state index in [-0.39, 0.29) is 11.6 Å². The molecular formula is C30H52N4O7. The summed E-state index contributed by atoms with van der Waals surface area (Å²) in [5.41, 5.74) is 3.29. The van der Waals surface area contributed by atoms with Gasteiger partial charge in [0.15, 0.2) is 0 Å². The fourth-order valence-electron chi connectivity index (χ4n) is 5.25. The highest BCUT2D eigenvalue weighted by Crippen LogP contribution is 2.40. The molecule has 0 spiro atoms. The first-order valence-electron chi connectivity index (χ1n) is 15.2. The Morgan fingerprint density at radius 1 is 1.07 bits per heavy atom. The third kappa shape index (κ3) is 11.0. The van der Waals surface area contributed by atoms with Crippen molar-refractivity contribution >= 4 is 11.7 Å². The van der Waals surface area contributed by atoms with Crippen LogP contribution < -0.4 is 0 Å². The zero-order valence-corrected chi connectivity index (χ0v) is 25.6. The van der Waals surface area contributed by atoms with Gasteiger partial charge in [0.2, 0.25) is 0 Å². The van der Waals surface area contributed by atoms with Crippen LogP contribution in [0.3, 0.4) is 0 Å². The van der Waals surface area contributed by atoms with E-state index in [9.17, 15) is 9.90 Å². The normalized spacial score (nSPS) is 19.0. The Labute approximate surface area is 245 Å². The molecule has 1 unspecified atom stereocenters. The SMILES string of the molecule is CCOCCOCC1(COCCOCC)CC=C(c2nn(C3CCCCO3)cc2CN(C)CCN(C)C(=O)O)CC1. The van der Waals surface area contributed by atoms with E-state index in [1.165, 1.54) is 10.5 Å². The number of carbonyl (C=O) groups is 1. The second-order valence-electron chi connectivity index (χ2n) is 11.2. The van der Waals surface area contributed by atoms with E-state index in [0.717, 1.165) is 56.4 Å². The van der Waals surface area contributed by atoms with Crippen LogP contribution >= 0.6 is 0 Å². The quantitative estimate of drug-likeness (QED) is 0.240. The van der Waals surface area contributed by atoms with Crippen molar-refractivity contribution in [2.24, 2.45) is 5.41 Å². The average Bonchev–Trinajstić information content (AvgIpc) is 3.40. The van der Waals surface area contributed by atoms with Crippen molar-refractivity contribution in [1.82, 2.24) is 19.6 Å². The van der Waals surface area contributed by atoms with Crippen LogP contribution in [0, 0.1) is 5.41 Å². The van der Waals surface area contributed by atoms with Crippen molar-refractivity contribution in [3.63, 3.8) is 0 Å². The van der Waals surface area contributed by atoms with Gasteiger partial charge in [-0.2, -0.15) is 5.10 Å². The van der Waals surface area contributed by atoms with Crippen LogP contribution in [-0.2, 0) is 30.2 Å². The molecule has 234 valence electrons. The van der Waals surface area contributed by atoms with Crippen molar-refractivity contribution in [3.8, 4) is 0 Å². The van der Waals surface area contributed by atoms with E-state index < -0.39 is 6.09 Å². The number of ether oxygens (including phenoxy) is 5. The smallest absolute Gasteiger partial charge is 0.407 e. The Bertz CT molecular complexity index is 918. The number of aromatic nitrogens is 2. The Hall–Kier alpha value is -2.02. The van der Waals surface area contributed by atoms with Gasteiger partial charge >= 0.3 is 6.09 Å². The third-order valence-electron chi connectivity index (χ3n) is 7.82. The van der Waals surface area contributed by atoms with Crippen LogP contribution in [0.2, 0.25) is 0 Å². The van der Waals surface area contributed by atoms with Crippen molar-refractivity contribution < 1.29 is 33.6 Å². The average molecular weight is 581 g/mol. The molecule has 0 bridgehead atoms. The monoisotopic (exact) mass is 580 g/mol. The molecule has 1 aromatic rings. The zero-order valence-electron chi connectivity index (χ0n) is 25.6. The van der Waals surface area contributed by atoms with E-state index >= 15 is 0 Å². The zero-order chi connectivity index (χ0) is 29.5. The van der Waals surface area contributed by atoms with Crippen LogP contribution in [-0.4, -0.2) is 117 Å². The maximum absolute atomic E-state index is 11.2. The highest BCUT2D eigenvalue weighted by Gasteiger charge is 2.34. The van der Waals surface area contributed by atoms with Gasteiger partial charge in [-0.1, -0.05) is 6.08 Å². The van der Waals surface area contributed by atoms with Gasteiger partial charge in [-0.15, -0.1) is 0 Å². The highest BCUT2D eigenvalue weighted by molar-refractivity contribution is 5.66. The van der Waals surface area contributed by atoms with Gasteiger partial charge in [-0.05, 0) is 65.0 Å². The molecule has 1 amide bonds. The van der Waals surface area contributed by atoms with Crippen LogP contribution in [0.15, 0.2) is 12.3 Å². The van der Waals surface area contributed by atoms with E-state index in [2.05, 4.69) is 17.2 Å². The number of hydrogen-bond donors (Lipinski definition) is 1. The lowest BCUT2D eigenvalue weighted by atomic mass is 9.75. The minimum absolute atomic E-state index is 0.0412. The van der Waals surface area contributed by atoms with Crippen molar-refractivity contribution in [1.29, 1.82) is 0 Å². The van der Waals surface area contributed by atoms with Crippen LogP contribution in [0.4, 0.5) is 4.79 Å². The number of amides is 1. The van der Waals surface area contributed by atoms with Gasteiger partial charge in [0.25, 0.3) is 0 Å². The van der Waals surface area contributed by atoms with Gasteiger partial charge < -0.3 is 38.6 Å². The fraction of sp³-hybridized carbons (Fsp3) is 0.800. The van der Waals surface area contributed by atoms with E-state index in [0.29, 0.717) is 72.5 Å². The van der Waals surface area contributed by atoms with E-state index in [1.54, 1.807) is 7.05 Å². The molecular weight excluding hydrogens is 528 g/mol.